The first-order valence-corrected chi connectivity index (χ1v) is 7.86. The SMILES string of the molecule is C=CCOC(=O)c1cn(-c2ccc(F)cc2F)c2nc(Cl)c(F)cc2c1=O. The van der Waals surface area contributed by atoms with E-state index in [-0.39, 0.29) is 23.3 Å². The fourth-order valence-electron chi connectivity index (χ4n) is 2.42. The average molecular weight is 395 g/mol. The average Bonchev–Trinajstić information content (AvgIpc) is 2.62. The van der Waals surface area contributed by atoms with Gasteiger partial charge in [-0.1, -0.05) is 24.3 Å². The van der Waals surface area contributed by atoms with Gasteiger partial charge < -0.3 is 4.74 Å². The molecule has 0 radical (unpaired) electrons. The molecule has 0 spiro atoms. The van der Waals surface area contributed by atoms with Crippen LogP contribution in [0.15, 0.2) is 47.9 Å². The molecular weight excluding hydrogens is 385 g/mol. The molecule has 138 valence electrons. The molecule has 3 aromatic rings. The van der Waals surface area contributed by atoms with Crippen LogP contribution in [-0.4, -0.2) is 22.1 Å². The summed E-state index contributed by atoms with van der Waals surface area (Å²) in [5.74, 6) is -3.84. The molecule has 2 aromatic heterocycles. The smallest absolute Gasteiger partial charge is 0.343 e. The summed E-state index contributed by atoms with van der Waals surface area (Å²) in [5, 5.41) is -0.881. The topological polar surface area (TPSA) is 61.2 Å². The van der Waals surface area contributed by atoms with E-state index in [4.69, 9.17) is 16.3 Å². The Morgan fingerprint density at radius 1 is 1.26 bits per heavy atom. The van der Waals surface area contributed by atoms with Crippen LogP contribution < -0.4 is 5.43 Å². The van der Waals surface area contributed by atoms with E-state index in [1.165, 1.54) is 6.08 Å². The highest BCUT2D eigenvalue weighted by Gasteiger charge is 2.21. The van der Waals surface area contributed by atoms with Gasteiger partial charge in [0.2, 0.25) is 5.43 Å². The van der Waals surface area contributed by atoms with Gasteiger partial charge in [-0.05, 0) is 18.2 Å². The van der Waals surface area contributed by atoms with E-state index >= 15 is 0 Å². The van der Waals surface area contributed by atoms with Crippen molar-refractivity contribution in [2.24, 2.45) is 0 Å². The third kappa shape index (κ3) is 3.43. The normalized spacial score (nSPS) is 10.8. The predicted molar refractivity (Wildman–Crippen MR) is 92.7 cm³/mol. The predicted octanol–water partition coefficient (Wildman–Crippen LogP) is 3.80. The number of hydrogen-bond donors (Lipinski definition) is 0. The maximum Gasteiger partial charge on any atom is 0.343 e. The molecule has 27 heavy (non-hydrogen) atoms. The molecule has 0 saturated carbocycles. The van der Waals surface area contributed by atoms with Gasteiger partial charge in [0.05, 0.1) is 11.1 Å². The molecule has 0 saturated heterocycles. The summed E-state index contributed by atoms with van der Waals surface area (Å²) in [7, 11) is 0. The zero-order valence-electron chi connectivity index (χ0n) is 13.5. The number of benzene rings is 1. The molecule has 0 aliphatic carbocycles. The molecule has 9 heteroatoms. The second kappa shape index (κ2) is 7.24. The summed E-state index contributed by atoms with van der Waals surface area (Å²) in [6.45, 7) is 3.21. The van der Waals surface area contributed by atoms with Gasteiger partial charge in [0.25, 0.3) is 0 Å². The van der Waals surface area contributed by atoms with Crippen molar-refractivity contribution in [3.8, 4) is 5.69 Å². The number of aromatic nitrogens is 2. The van der Waals surface area contributed by atoms with Crippen molar-refractivity contribution >= 4 is 28.6 Å². The lowest BCUT2D eigenvalue weighted by atomic mass is 10.1. The van der Waals surface area contributed by atoms with Crippen LogP contribution in [0.25, 0.3) is 16.7 Å². The van der Waals surface area contributed by atoms with Gasteiger partial charge in [-0.2, -0.15) is 0 Å². The minimum Gasteiger partial charge on any atom is -0.458 e. The summed E-state index contributed by atoms with van der Waals surface area (Å²) < 4.78 is 47.2. The van der Waals surface area contributed by atoms with Gasteiger partial charge in [0.1, 0.15) is 23.8 Å². The largest absolute Gasteiger partial charge is 0.458 e. The van der Waals surface area contributed by atoms with Crippen molar-refractivity contribution in [2.75, 3.05) is 6.61 Å². The van der Waals surface area contributed by atoms with E-state index in [0.717, 1.165) is 29.0 Å². The molecule has 3 rings (SSSR count). The van der Waals surface area contributed by atoms with Crippen LogP contribution in [-0.2, 0) is 4.74 Å². The van der Waals surface area contributed by atoms with E-state index in [0.29, 0.717) is 6.07 Å². The van der Waals surface area contributed by atoms with Crippen molar-refractivity contribution in [1.82, 2.24) is 9.55 Å². The first-order valence-electron chi connectivity index (χ1n) is 7.48. The molecule has 5 nitrogen and oxygen atoms in total. The highest BCUT2D eigenvalue weighted by Crippen LogP contribution is 2.23. The van der Waals surface area contributed by atoms with Crippen LogP contribution in [0.4, 0.5) is 13.2 Å². The lowest BCUT2D eigenvalue weighted by Gasteiger charge is -2.13. The van der Waals surface area contributed by atoms with Crippen molar-refractivity contribution in [3.05, 3.63) is 81.5 Å². The Hall–Kier alpha value is -3.13. The van der Waals surface area contributed by atoms with Crippen LogP contribution >= 0.6 is 11.6 Å². The van der Waals surface area contributed by atoms with E-state index in [2.05, 4.69) is 11.6 Å². The van der Waals surface area contributed by atoms with Crippen molar-refractivity contribution in [1.29, 1.82) is 0 Å². The first-order chi connectivity index (χ1) is 12.8. The third-order valence-corrected chi connectivity index (χ3v) is 3.88. The Morgan fingerprint density at radius 2 is 2.00 bits per heavy atom. The number of rotatable bonds is 4. The fraction of sp³-hybridized carbons (Fsp3) is 0.0556. The number of esters is 1. The van der Waals surface area contributed by atoms with Crippen molar-refractivity contribution in [2.45, 2.75) is 0 Å². The van der Waals surface area contributed by atoms with Gasteiger partial charge in [-0.3, -0.25) is 9.36 Å². The van der Waals surface area contributed by atoms with Crippen molar-refractivity contribution in [3.63, 3.8) is 0 Å². The molecule has 1 aromatic carbocycles. The minimum absolute atomic E-state index is 0.172. The molecular formula is C18H10ClF3N2O3. The number of pyridine rings is 2. The van der Waals surface area contributed by atoms with Gasteiger partial charge >= 0.3 is 5.97 Å². The van der Waals surface area contributed by atoms with E-state index in [9.17, 15) is 22.8 Å². The molecule has 0 unspecified atom stereocenters. The molecule has 0 atom stereocenters. The lowest BCUT2D eigenvalue weighted by Crippen LogP contribution is -2.21. The number of ether oxygens (including phenoxy) is 1. The molecule has 0 bridgehead atoms. The summed E-state index contributed by atoms with van der Waals surface area (Å²) in [6, 6.07) is 3.45. The molecule has 0 N–H and O–H groups in total. The molecule has 0 aliphatic rings. The minimum atomic E-state index is -1.02. The lowest BCUT2D eigenvalue weighted by molar-refractivity contribution is 0.0547. The Morgan fingerprint density at radius 3 is 2.67 bits per heavy atom. The van der Waals surface area contributed by atoms with Crippen LogP contribution in [0.2, 0.25) is 5.15 Å². The Balaban J connectivity index is 2.38. The summed E-state index contributed by atoms with van der Waals surface area (Å²) in [5.41, 5.74) is -1.80. The van der Waals surface area contributed by atoms with Gasteiger partial charge in [0, 0.05) is 12.3 Å². The van der Waals surface area contributed by atoms with E-state index in [1.54, 1.807) is 0 Å². The van der Waals surface area contributed by atoms with Gasteiger partial charge in [-0.25, -0.2) is 22.9 Å². The van der Waals surface area contributed by atoms with Crippen molar-refractivity contribution < 1.29 is 22.7 Å². The zero-order chi connectivity index (χ0) is 19.7. The number of hydrogen-bond acceptors (Lipinski definition) is 4. The highest BCUT2D eigenvalue weighted by molar-refractivity contribution is 6.29. The quantitative estimate of drug-likeness (QED) is 0.383. The van der Waals surface area contributed by atoms with E-state index < -0.39 is 39.6 Å². The number of nitrogens with zero attached hydrogens (tertiary/aromatic N) is 2. The highest BCUT2D eigenvalue weighted by atomic mass is 35.5. The van der Waals surface area contributed by atoms with E-state index in [1.807, 2.05) is 0 Å². The maximum absolute atomic E-state index is 14.3. The van der Waals surface area contributed by atoms with Gasteiger partial charge in [0.15, 0.2) is 16.6 Å². The van der Waals surface area contributed by atoms with Crippen LogP contribution in [0, 0.1) is 17.5 Å². The number of carbonyl (C=O) groups excluding carboxylic acids is 1. The first kappa shape index (κ1) is 18.7. The second-order valence-electron chi connectivity index (χ2n) is 5.36. The van der Waals surface area contributed by atoms with Crippen LogP contribution in [0.1, 0.15) is 10.4 Å². The zero-order valence-corrected chi connectivity index (χ0v) is 14.3. The summed E-state index contributed by atoms with van der Waals surface area (Å²) in [4.78, 5) is 28.5. The molecule has 0 fully saturated rings. The Bertz CT molecular complexity index is 1140. The third-order valence-electron chi connectivity index (χ3n) is 3.61. The number of halogens is 4. The molecule has 2 heterocycles. The Labute approximate surface area is 155 Å². The monoisotopic (exact) mass is 394 g/mol. The van der Waals surface area contributed by atoms with Crippen LogP contribution in [0.5, 0.6) is 0 Å². The number of fused-ring (bicyclic) bond motifs is 1. The number of carbonyl (C=O) groups is 1. The molecule has 0 aliphatic heterocycles. The fourth-order valence-corrected chi connectivity index (χ4v) is 2.55. The Kier molecular flexibility index (Phi) is 5.00. The standard InChI is InChI=1S/C18H10ClF3N2O3/c1-2-5-27-18(26)11-8-24(14-4-3-9(20)6-12(14)21)17-10(15(11)25)7-13(22)16(19)23-17/h2-4,6-8H,1,5H2. The maximum atomic E-state index is 14.3. The molecule has 0 amide bonds. The summed E-state index contributed by atoms with van der Waals surface area (Å²) in [6.07, 6.45) is 2.27. The second-order valence-corrected chi connectivity index (χ2v) is 5.71. The van der Waals surface area contributed by atoms with Gasteiger partial charge in [-0.15, -0.1) is 0 Å². The van der Waals surface area contributed by atoms with Crippen LogP contribution in [0.3, 0.4) is 0 Å². The summed E-state index contributed by atoms with van der Waals surface area (Å²) >= 11 is 5.68.